The van der Waals surface area contributed by atoms with Crippen LogP contribution in [0.1, 0.15) is 33.1 Å². The van der Waals surface area contributed by atoms with Gasteiger partial charge in [-0.15, -0.1) is 11.3 Å². The number of thiophene rings is 1. The molecule has 1 aromatic rings. The molecule has 1 unspecified atom stereocenters. The molecule has 3 heterocycles. The van der Waals surface area contributed by atoms with Crippen molar-refractivity contribution in [3.8, 4) is 0 Å². The molecule has 8 nitrogen and oxygen atoms in total. The standard InChI is InChI=1S/C17H26N4O4S2/c1-3-4-7-17(2)15(22)21(16(23)18-17)13-19-8-10-20(11-9-19)27(24,25)14-6-5-12-26-14/h5-6,12H,3-4,7-11,13H2,1-2H3,(H,18,23). The van der Waals surface area contributed by atoms with Gasteiger partial charge in [0.05, 0.1) is 6.67 Å². The molecule has 1 atom stereocenters. The molecule has 0 saturated carbocycles. The molecule has 2 aliphatic heterocycles. The van der Waals surface area contributed by atoms with Gasteiger partial charge in [0.1, 0.15) is 9.75 Å². The van der Waals surface area contributed by atoms with Crippen LogP contribution in [-0.2, 0) is 14.8 Å². The summed E-state index contributed by atoms with van der Waals surface area (Å²) >= 11 is 1.21. The molecule has 150 valence electrons. The number of hydrogen-bond donors (Lipinski definition) is 1. The van der Waals surface area contributed by atoms with E-state index in [4.69, 9.17) is 0 Å². The Morgan fingerprint density at radius 2 is 1.93 bits per heavy atom. The molecule has 27 heavy (non-hydrogen) atoms. The minimum absolute atomic E-state index is 0.194. The zero-order valence-corrected chi connectivity index (χ0v) is 17.3. The molecule has 1 aromatic heterocycles. The first-order valence-corrected chi connectivity index (χ1v) is 11.5. The quantitative estimate of drug-likeness (QED) is 0.683. The molecule has 2 fully saturated rings. The Hall–Kier alpha value is -1.49. The van der Waals surface area contributed by atoms with E-state index in [2.05, 4.69) is 5.32 Å². The normalized spacial score (nSPS) is 25.2. The van der Waals surface area contributed by atoms with Crippen LogP contribution in [0.4, 0.5) is 4.79 Å². The topological polar surface area (TPSA) is 90.0 Å². The first-order valence-electron chi connectivity index (χ1n) is 9.18. The molecule has 10 heteroatoms. The van der Waals surface area contributed by atoms with Crippen molar-refractivity contribution in [1.29, 1.82) is 0 Å². The number of hydrogen-bond acceptors (Lipinski definition) is 6. The Bertz CT molecular complexity index is 788. The number of piperazine rings is 1. The van der Waals surface area contributed by atoms with Gasteiger partial charge >= 0.3 is 6.03 Å². The molecule has 0 spiro atoms. The Morgan fingerprint density at radius 1 is 1.22 bits per heavy atom. The van der Waals surface area contributed by atoms with Gasteiger partial charge in [0, 0.05) is 26.2 Å². The maximum Gasteiger partial charge on any atom is 0.326 e. The van der Waals surface area contributed by atoms with Crippen molar-refractivity contribution >= 4 is 33.3 Å². The highest BCUT2D eigenvalue weighted by Crippen LogP contribution is 2.25. The molecule has 0 radical (unpaired) electrons. The van der Waals surface area contributed by atoms with E-state index in [1.807, 2.05) is 11.8 Å². The summed E-state index contributed by atoms with van der Waals surface area (Å²) in [6.07, 6.45) is 2.45. The smallest absolute Gasteiger partial charge is 0.323 e. The first-order chi connectivity index (χ1) is 12.8. The molecular formula is C17H26N4O4S2. The monoisotopic (exact) mass is 414 g/mol. The number of carbonyl (C=O) groups excluding carboxylic acids is 2. The van der Waals surface area contributed by atoms with Crippen LogP contribution >= 0.6 is 11.3 Å². The van der Waals surface area contributed by atoms with Crippen molar-refractivity contribution in [1.82, 2.24) is 19.4 Å². The Kier molecular flexibility index (Phi) is 5.90. The van der Waals surface area contributed by atoms with Crippen molar-refractivity contribution in [3.63, 3.8) is 0 Å². The van der Waals surface area contributed by atoms with Crippen molar-refractivity contribution in [2.24, 2.45) is 0 Å². The molecule has 0 bridgehead atoms. The van der Waals surface area contributed by atoms with E-state index in [0.717, 1.165) is 12.8 Å². The van der Waals surface area contributed by atoms with E-state index in [0.29, 0.717) is 36.8 Å². The summed E-state index contributed by atoms with van der Waals surface area (Å²) in [5, 5.41) is 4.56. The lowest BCUT2D eigenvalue weighted by Crippen LogP contribution is -2.52. The number of amides is 3. The second-order valence-electron chi connectivity index (χ2n) is 7.19. The van der Waals surface area contributed by atoms with Crippen LogP contribution < -0.4 is 5.32 Å². The molecule has 2 aliphatic rings. The van der Waals surface area contributed by atoms with Gasteiger partial charge in [-0.25, -0.2) is 18.1 Å². The summed E-state index contributed by atoms with van der Waals surface area (Å²) in [6.45, 7) is 5.66. The van der Waals surface area contributed by atoms with Crippen LogP contribution in [0.5, 0.6) is 0 Å². The van der Waals surface area contributed by atoms with Crippen LogP contribution in [-0.4, -0.2) is 72.8 Å². The second-order valence-corrected chi connectivity index (χ2v) is 10.3. The molecule has 0 aliphatic carbocycles. The summed E-state index contributed by atoms with van der Waals surface area (Å²) in [5.41, 5.74) is -0.836. The number of nitrogens with one attached hydrogen (secondary N) is 1. The van der Waals surface area contributed by atoms with Crippen molar-refractivity contribution < 1.29 is 18.0 Å². The fourth-order valence-corrected chi connectivity index (χ4v) is 5.99. The zero-order chi connectivity index (χ0) is 19.7. The lowest BCUT2D eigenvalue weighted by molar-refractivity contribution is -0.132. The van der Waals surface area contributed by atoms with Crippen molar-refractivity contribution in [2.75, 3.05) is 32.8 Å². The van der Waals surface area contributed by atoms with E-state index in [9.17, 15) is 18.0 Å². The second kappa shape index (κ2) is 7.86. The molecular weight excluding hydrogens is 388 g/mol. The van der Waals surface area contributed by atoms with Crippen molar-refractivity contribution in [2.45, 2.75) is 42.9 Å². The molecule has 3 rings (SSSR count). The van der Waals surface area contributed by atoms with E-state index in [1.165, 1.54) is 20.5 Å². The average Bonchev–Trinajstić information content (AvgIpc) is 3.25. The summed E-state index contributed by atoms with van der Waals surface area (Å²) in [7, 11) is -3.45. The highest BCUT2D eigenvalue weighted by atomic mass is 32.2. The van der Waals surface area contributed by atoms with Gasteiger partial charge in [0.15, 0.2) is 0 Å². The minimum Gasteiger partial charge on any atom is -0.323 e. The number of sulfonamides is 1. The van der Waals surface area contributed by atoms with Gasteiger partial charge in [-0.3, -0.25) is 9.69 Å². The van der Waals surface area contributed by atoms with Gasteiger partial charge in [-0.05, 0) is 24.8 Å². The molecule has 1 N–H and O–H groups in total. The highest BCUT2D eigenvalue weighted by molar-refractivity contribution is 7.91. The van der Waals surface area contributed by atoms with Crippen LogP contribution in [0.2, 0.25) is 0 Å². The summed E-state index contributed by atoms with van der Waals surface area (Å²) in [4.78, 5) is 28.2. The highest BCUT2D eigenvalue weighted by Gasteiger charge is 2.47. The number of imide groups is 1. The third kappa shape index (κ3) is 4.03. The van der Waals surface area contributed by atoms with Gasteiger partial charge < -0.3 is 5.32 Å². The predicted molar refractivity (Wildman–Crippen MR) is 103 cm³/mol. The maximum atomic E-state index is 12.7. The Labute approximate surface area is 164 Å². The Morgan fingerprint density at radius 3 is 2.52 bits per heavy atom. The first kappa shape index (κ1) is 20.2. The summed E-state index contributed by atoms with van der Waals surface area (Å²) in [5.74, 6) is -0.199. The fraction of sp³-hybridized carbons (Fsp3) is 0.647. The minimum atomic E-state index is -3.45. The number of urea groups is 1. The Balaban J connectivity index is 1.58. The van der Waals surface area contributed by atoms with Crippen LogP contribution in [0.3, 0.4) is 0 Å². The molecule has 3 amide bonds. The largest absolute Gasteiger partial charge is 0.326 e. The molecule has 0 aromatic carbocycles. The summed E-state index contributed by atoms with van der Waals surface area (Å²) < 4.78 is 27.0. The average molecular weight is 415 g/mol. The molecule has 2 saturated heterocycles. The number of unbranched alkanes of at least 4 members (excludes halogenated alkanes) is 1. The van der Waals surface area contributed by atoms with Gasteiger partial charge in [0.25, 0.3) is 15.9 Å². The van der Waals surface area contributed by atoms with E-state index >= 15 is 0 Å². The number of carbonyl (C=O) groups is 2. The van der Waals surface area contributed by atoms with Crippen molar-refractivity contribution in [3.05, 3.63) is 17.5 Å². The predicted octanol–water partition coefficient (Wildman–Crippen LogP) is 1.51. The SMILES string of the molecule is CCCCC1(C)NC(=O)N(CN2CCN(S(=O)(=O)c3cccs3)CC2)C1=O. The number of rotatable bonds is 7. The van der Waals surface area contributed by atoms with Crippen LogP contribution in [0.25, 0.3) is 0 Å². The van der Waals surface area contributed by atoms with Crippen LogP contribution in [0, 0.1) is 0 Å². The lowest BCUT2D eigenvalue weighted by Gasteiger charge is -2.35. The third-order valence-electron chi connectivity index (χ3n) is 5.14. The van der Waals surface area contributed by atoms with Gasteiger partial charge in [-0.2, -0.15) is 4.31 Å². The number of nitrogens with zero attached hydrogens (tertiary/aromatic N) is 3. The van der Waals surface area contributed by atoms with E-state index in [1.54, 1.807) is 24.4 Å². The van der Waals surface area contributed by atoms with E-state index < -0.39 is 15.6 Å². The fourth-order valence-electron chi connectivity index (χ4n) is 3.42. The van der Waals surface area contributed by atoms with Crippen LogP contribution in [0.15, 0.2) is 21.7 Å². The zero-order valence-electron chi connectivity index (χ0n) is 15.7. The van der Waals surface area contributed by atoms with Gasteiger partial charge in [-0.1, -0.05) is 25.8 Å². The maximum absolute atomic E-state index is 12.7. The van der Waals surface area contributed by atoms with E-state index in [-0.39, 0.29) is 18.6 Å². The van der Waals surface area contributed by atoms with Gasteiger partial charge in [0.2, 0.25) is 0 Å². The lowest BCUT2D eigenvalue weighted by atomic mass is 9.95. The summed E-state index contributed by atoms with van der Waals surface area (Å²) in [6, 6.07) is 2.96. The third-order valence-corrected chi connectivity index (χ3v) is 8.41.